The number of hydrogen-bond acceptors (Lipinski definition) is 3. The minimum Gasteiger partial charge on any atom is -0.344 e. The molecule has 0 radical (unpaired) electrons. The Balaban J connectivity index is 1.89. The smallest absolute Gasteiger partial charge is 0.223 e. The molecule has 1 amide bonds. The Morgan fingerprint density at radius 3 is 2.87 bits per heavy atom. The summed E-state index contributed by atoms with van der Waals surface area (Å²) in [6.45, 7) is 3.93. The van der Waals surface area contributed by atoms with E-state index in [4.69, 9.17) is 0 Å². The van der Waals surface area contributed by atoms with E-state index in [-0.39, 0.29) is 5.91 Å². The number of carbonyl (C=O) groups is 1. The molecule has 15 heavy (non-hydrogen) atoms. The summed E-state index contributed by atoms with van der Waals surface area (Å²) in [5, 5.41) is 3.54. The van der Waals surface area contributed by atoms with Gasteiger partial charge in [0.05, 0.1) is 6.17 Å². The van der Waals surface area contributed by atoms with Gasteiger partial charge in [0, 0.05) is 33.1 Å². The molecule has 0 aliphatic carbocycles. The molecule has 1 atom stereocenters. The molecule has 2 aliphatic heterocycles. The van der Waals surface area contributed by atoms with Crippen LogP contribution >= 0.6 is 0 Å². The Bertz CT molecular complexity index is 226. The van der Waals surface area contributed by atoms with E-state index in [9.17, 15) is 4.79 Å². The lowest BCUT2D eigenvalue weighted by molar-refractivity contribution is -0.129. The van der Waals surface area contributed by atoms with E-state index in [0.717, 1.165) is 26.2 Å². The van der Waals surface area contributed by atoms with Crippen LogP contribution < -0.4 is 5.32 Å². The highest BCUT2D eigenvalue weighted by atomic mass is 16.2. The molecule has 0 bridgehead atoms. The summed E-state index contributed by atoms with van der Waals surface area (Å²) < 4.78 is 0. The van der Waals surface area contributed by atoms with Gasteiger partial charge in [-0.15, -0.1) is 0 Å². The summed E-state index contributed by atoms with van der Waals surface area (Å²) in [7, 11) is 1.90. The fourth-order valence-corrected chi connectivity index (χ4v) is 2.40. The Hall–Kier alpha value is -0.610. The number of hydrogen-bond donors (Lipinski definition) is 1. The quantitative estimate of drug-likeness (QED) is 0.675. The number of piperidine rings is 1. The molecule has 0 aromatic carbocycles. The SMILES string of the molecule is CN1CCN(C2CCCCN2)CCC1=O. The third-order valence-electron chi connectivity index (χ3n) is 3.49. The van der Waals surface area contributed by atoms with Crippen molar-refractivity contribution in [3.05, 3.63) is 0 Å². The zero-order chi connectivity index (χ0) is 10.7. The predicted molar refractivity (Wildman–Crippen MR) is 59.5 cm³/mol. The molecule has 2 aliphatic rings. The molecule has 4 nitrogen and oxygen atoms in total. The lowest BCUT2D eigenvalue weighted by Crippen LogP contribution is -2.49. The Morgan fingerprint density at radius 1 is 1.27 bits per heavy atom. The van der Waals surface area contributed by atoms with Gasteiger partial charge in [-0.25, -0.2) is 0 Å². The maximum atomic E-state index is 11.5. The van der Waals surface area contributed by atoms with Crippen LogP contribution in [-0.2, 0) is 4.79 Å². The standard InChI is InChI=1S/C11H21N3O/c1-13-8-9-14(7-5-11(13)15)10-4-2-3-6-12-10/h10,12H,2-9H2,1H3. The van der Waals surface area contributed by atoms with E-state index in [1.165, 1.54) is 19.3 Å². The summed E-state index contributed by atoms with van der Waals surface area (Å²) in [6, 6.07) is 0. The van der Waals surface area contributed by atoms with Gasteiger partial charge < -0.3 is 10.2 Å². The molecule has 2 fully saturated rings. The van der Waals surface area contributed by atoms with Crippen LogP contribution in [0.15, 0.2) is 0 Å². The van der Waals surface area contributed by atoms with Crippen LogP contribution in [0.5, 0.6) is 0 Å². The van der Waals surface area contributed by atoms with E-state index in [2.05, 4.69) is 10.2 Å². The van der Waals surface area contributed by atoms with Crippen molar-refractivity contribution in [2.75, 3.05) is 33.2 Å². The first-order valence-electron chi connectivity index (χ1n) is 5.99. The van der Waals surface area contributed by atoms with Crippen LogP contribution in [0.25, 0.3) is 0 Å². The first-order chi connectivity index (χ1) is 7.27. The second-order valence-corrected chi connectivity index (χ2v) is 4.57. The number of amides is 1. The molecule has 4 heteroatoms. The van der Waals surface area contributed by atoms with Crippen molar-refractivity contribution in [2.24, 2.45) is 0 Å². The summed E-state index contributed by atoms with van der Waals surface area (Å²) in [5.74, 6) is 0.285. The number of likely N-dealkylation sites (N-methyl/N-ethyl adjacent to an activating group) is 1. The molecule has 1 N–H and O–H groups in total. The van der Waals surface area contributed by atoms with Gasteiger partial charge in [0.15, 0.2) is 0 Å². The van der Waals surface area contributed by atoms with E-state index < -0.39 is 0 Å². The Kier molecular flexibility index (Phi) is 3.59. The molecular formula is C11H21N3O. The van der Waals surface area contributed by atoms with Crippen molar-refractivity contribution in [3.63, 3.8) is 0 Å². The fourth-order valence-electron chi connectivity index (χ4n) is 2.40. The molecular weight excluding hydrogens is 190 g/mol. The number of nitrogens with one attached hydrogen (secondary N) is 1. The number of nitrogens with zero attached hydrogens (tertiary/aromatic N) is 2. The molecule has 1 unspecified atom stereocenters. The van der Waals surface area contributed by atoms with Gasteiger partial charge in [-0.1, -0.05) is 0 Å². The average molecular weight is 211 g/mol. The third-order valence-corrected chi connectivity index (χ3v) is 3.49. The van der Waals surface area contributed by atoms with Gasteiger partial charge in [0.2, 0.25) is 5.91 Å². The van der Waals surface area contributed by atoms with Crippen molar-refractivity contribution in [3.8, 4) is 0 Å². The van der Waals surface area contributed by atoms with Crippen molar-refractivity contribution in [1.82, 2.24) is 15.1 Å². The van der Waals surface area contributed by atoms with E-state index in [1.54, 1.807) is 0 Å². The topological polar surface area (TPSA) is 35.6 Å². The first-order valence-corrected chi connectivity index (χ1v) is 5.99. The molecule has 86 valence electrons. The van der Waals surface area contributed by atoms with Gasteiger partial charge in [0.1, 0.15) is 0 Å². The average Bonchev–Trinajstić information content (AvgIpc) is 2.44. The summed E-state index contributed by atoms with van der Waals surface area (Å²) in [4.78, 5) is 15.8. The highest BCUT2D eigenvalue weighted by Crippen LogP contribution is 2.13. The maximum absolute atomic E-state index is 11.5. The molecule has 2 saturated heterocycles. The normalized spacial score (nSPS) is 30.3. The van der Waals surface area contributed by atoms with Crippen molar-refractivity contribution in [1.29, 1.82) is 0 Å². The summed E-state index contributed by atoms with van der Waals surface area (Å²) in [5.41, 5.74) is 0. The van der Waals surface area contributed by atoms with Crippen LogP contribution in [0.1, 0.15) is 25.7 Å². The van der Waals surface area contributed by atoms with E-state index >= 15 is 0 Å². The van der Waals surface area contributed by atoms with Gasteiger partial charge in [0.25, 0.3) is 0 Å². The van der Waals surface area contributed by atoms with Crippen molar-refractivity contribution < 1.29 is 4.79 Å². The van der Waals surface area contributed by atoms with E-state index in [0.29, 0.717) is 12.6 Å². The van der Waals surface area contributed by atoms with Gasteiger partial charge in [-0.05, 0) is 25.8 Å². The summed E-state index contributed by atoms with van der Waals surface area (Å²) >= 11 is 0. The van der Waals surface area contributed by atoms with Gasteiger partial charge in [-0.3, -0.25) is 9.69 Å². The van der Waals surface area contributed by atoms with Crippen LogP contribution in [0.3, 0.4) is 0 Å². The number of carbonyl (C=O) groups excluding carboxylic acids is 1. The minimum absolute atomic E-state index is 0.285. The highest BCUT2D eigenvalue weighted by Gasteiger charge is 2.24. The second-order valence-electron chi connectivity index (χ2n) is 4.57. The zero-order valence-corrected chi connectivity index (χ0v) is 9.54. The first kappa shape index (κ1) is 10.9. The Labute approximate surface area is 91.6 Å². The predicted octanol–water partition coefficient (Wildman–Crippen LogP) is 0.250. The van der Waals surface area contributed by atoms with Crippen LogP contribution in [0, 0.1) is 0 Å². The lowest BCUT2D eigenvalue weighted by atomic mass is 10.1. The van der Waals surface area contributed by atoms with Gasteiger partial charge >= 0.3 is 0 Å². The van der Waals surface area contributed by atoms with Crippen LogP contribution in [0.4, 0.5) is 0 Å². The Morgan fingerprint density at radius 2 is 2.13 bits per heavy atom. The fraction of sp³-hybridized carbons (Fsp3) is 0.909. The maximum Gasteiger partial charge on any atom is 0.223 e. The summed E-state index contributed by atoms with van der Waals surface area (Å²) in [6.07, 6.45) is 5.03. The number of rotatable bonds is 1. The zero-order valence-electron chi connectivity index (χ0n) is 9.54. The molecule has 0 aromatic heterocycles. The molecule has 0 aromatic rings. The van der Waals surface area contributed by atoms with Crippen LogP contribution in [0.2, 0.25) is 0 Å². The van der Waals surface area contributed by atoms with E-state index in [1.807, 2.05) is 11.9 Å². The molecule has 0 saturated carbocycles. The second kappa shape index (κ2) is 4.94. The minimum atomic E-state index is 0.285. The largest absolute Gasteiger partial charge is 0.344 e. The molecule has 2 heterocycles. The highest BCUT2D eigenvalue weighted by molar-refractivity contribution is 5.76. The third kappa shape index (κ3) is 2.69. The molecule has 0 spiro atoms. The van der Waals surface area contributed by atoms with Gasteiger partial charge in [-0.2, -0.15) is 0 Å². The van der Waals surface area contributed by atoms with Crippen LogP contribution in [-0.4, -0.2) is 55.1 Å². The monoisotopic (exact) mass is 211 g/mol. The molecule has 2 rings (SSSR count). The lowest BCUT2D eigenvalue weighted by Gasteiger charge is -2.34. The van der Waals surface area contributed by atoms with Crippen molar-refractivity contribution in [2.45, 2.75) is 31.8 Å². The van der Waals surface area contributed by atoms with Crippen molar-refractivity contribution >= 4 is 5.91 Å².